The van der Waals surface area contributed by atoms with E-state index in [2.05, 4.69) is 77.2 Å². The van der Waals surface area contributed by atoms with Crippen molar-refractivity contribution in [1.29, 1.82) is 0 Å². The van der Waals surface area contributed by atoms with Crippen LogP contribution in [0.4, 0.5) is 5.69 Å². The third-order valence-electron chi connectivity index (χ3n) is 8.67. The molecule has 0 atom stereocenters. The van der Waals surface area contributed by atoms with Crippen LogP contribution in [0.1, 0.15) is 65.2 Å². The van der Waals surface area contributed by atoms with Crippen LogP contribution in [0.2, 0.25) is 13.1 Å². The van der Waals surface area contributed by atoms with Crippen LogP contribution < -0.4 is 5.19 Å². The van der Waals surface area contributed by atoms with Crippen LogP contribution in [0.3, 0.4) is 0 Å². The standard InChI is InChI=1S/C17H23NSi.C13H10O.2C4H8O.Yb/c1-12-13(2)15(4)17(14(12)3)19(5,6)18-16-10-8-7-9-11-16;14-13-11-7-3-1-5-9(11)10-6-2-4-8-12(10)13;2*1-2-4-5-3-1;/h7-11H,1-6H3;1-8,13-14H;2*1-4H2;/q-2;;;;. The molecule has 6 heteroatoms. The van der Waals surface area contributed by atoms with E-state index in [9.17, 15) is 5.11 Å². The van der Waals surface area contributed by atoms with Crippen molar-refractivity contribution < 1.29 is 61.5 Å². The van der Waals surface area contributed by atoms with E-state index in [1.165, 1.54) is 53.1 Å². The van der Waals surface area contributed by atoms with Crippen LogP contribution in [-0.4, -0.2) is 39.8 Å². The summed E-state index contributed by atoms with van der Waals surface area (Å²) in [6, 6.07) is 26.4. The maximum absolute atomic E-state index is 10.0. The minimum absolute atomic E-state index is 0. The molecule has 244 valence electrons. The Kier molecular flexibility index (Phi) is 15.0. The summed E-state index contributed by atoms with van der Waals surface area (Å²) in [5.41, 5.74) is 11.3. The molecule has 1 N–H and O–H groups in total. The maximum atomic E-state index is 10.0. The van der Waals surface area contributed by atoms with E-state index >= 15 is 0 Å². The fourth-order valence-electron chi connectivity index (χ4n) is 6.17. The van der Waals surface area contributed by atoms with Crippen molar-refractivity contribution in [2.75, 3.05) is 26.4 Å². The van der Waals surface area contributed by atoms with Gasteiger partial charge in [0.1, 0.15) is 6.10 Å². The second-order valence-electron chi connectivity index (χ2n) is 12.1. The fraction of sp³-hybridized carbons (Fsp3) is 0.395. The molecule has 2 saturated heterocycles. The van der Waals surface area contributed by atoms with Gasteiger partial charge in [-0.15, -0.1) is 5.69 Å². The molecule has 7 rings (SSSR count). The Labute approximate surface area is 305 Å². The molecule has 0 radical (unpaired) electrons. The van der Waals surface area contributed by atoms with E-state index in [0.29, 0.717) is 0 Å². The first-order chi connectivity index (χ1) is 20.7. The quantitative estimate of drug-likeness (QED) is 0.167. The zero-order valence-corrected chi connectivity index (χ0v) is 29.9. The average molecular weight is 769 g/mol. The zero-order valence-electron chi connectivity index (χ0n) is 27.2. The van der Waals surface area contributed by atoms with Gasteiger partial charge in [0, 0.05) is 73.4 Å². The molecule has 2 heterocycles. The minimum atomic E-state index is -1.79. The van der Waals surface area contributed by atoms with Gasteiger partial charge in [0.2, 0.25) is 0 Å². The Morgan fingerprint density at radius 3 is 1.41 bits per heavy atom. The molecule has 4 aromatic rings. The van der Waals surface area contributed by atoms with Gasteiger partial charge in [0.15, 0.2) is 0 Å². The summed E-state index contributed by atoms with van der Waals surface area (Å²) in [7, 11) is -1.79. The number of rotatable bonds is 3. The van der Waals surface area contributed by atoms with Gasteiger partial charge in [0.25, 0.3) is 0 Å². The van der Waals surface area contributed by atoms with Gasteiger partial charge < -0.3 is 19.6 Å². The number of benzene rings is 3. The normalized spacial score (nSPS) is 14.9. The third-order valence-corrected chi connectivity index (χ3v) is 11.5. The number of hydrogen-bond donors (Lipinski definition) is 1. The average Bonchev–Trinajstić information content (AvgIpc) is 3.85. The molecule has 0 bridgehead atoms. The number of fused-ring (bicyclic) bond motifs is 3. The summed E-state index contributed by atoms with van der Waals surface area (Å²) in [5, 5.41) is 11.6. The monoisotopic (exact) mass is 769 g/mol. The van der Waals surface area contributed by atoms with Gasteiger partial charge in [-0.25, -0.2) is 0 Å². The molecule has 44 heavy (non-hydrogen) atoms. The minimum Gasteiger partial charge on any atom is -0.692 e. The molecule has 0 spiro atoms. The summed E-state index contributed by atoms with van der Waals surface area (Å²) in [6.45, 7) is 17.6. The van der Waals surface area contributed by atoms with Gasteiger partial charge in [-0.1, -0.05) is 128 Å². The summed E-state index contributed by atoms with van der Waals surface area (Å²) in [6.07, 6.45) is 4.67. The van der Waals surface area contributed by atoms with Gasteiger partial charge in [-0.3, -0.25) is 0 Å². The van der Waals surface area contributed by atoms with E-state index in [1.807, 2.05) is 42.5 Å². The second kappa shape index (κ2) is 17.9. The number of hydrogen-bond acceptors (Lipinski definition) is 3. The Hall–Kier alpha value is -1.57. The first kappa shape index (κ1) is 36.9. The van der Waals surface area contributed by atoms with Crippen molar-refractivity contribution in [1.82, 2.24) is 0 Å². The molecule has 3 aliphatic rings. The van der Waals surface area contributed by atoms with Crippen molar-refractivity contribution in [3.8, 4) is 11.1 Å². The van der Waals surface area contributed by atoms with Gasteiger partial charge in [0.05, 0.1) is 0 Å². The molecular formula is C38H49NO3SiYb-2. The predicted molar refractivity (Wildman–Crippen MR) is 184 cm³/mol. The topological polar surface area (TPSA) is 52.8 Å². The largest absolute Gasteiger partial charge is 0.692 e. The Bertz CT molecular complexity index is 1350. The Morgan fingerprint density at radius 2 is 1.02 bits per heavy atom. The molecule has 2 aliphatic heterocycles. The SMILES string of the molecule is C1CCOC1.C1CCOC1.Cc1c(C)c(C)[c-]([Si](C)(C)[N-]c2ccccc2)c1C.OC1c2ccccc2-c2ccccc21.[Yb]. The number of nitrogens with zero attached hydrogens (tertiary/aromatic N) is 1. The second-order valence-corrected chi connectivity index (χ2v) is 15.9. The van der Waals surface area contributed by atoms with Crippen molar-refractivity contribution in [3.05, 3.63) is 117 Å². The Morgan fingerprint density at radius 1 is 0.636 bits per heavy atom. The van der Waals surface area contributed by atoms with Gasteiger partial charge >= 0.3 is 0 Å². The van der Waals surface area contributed by atoms with E-state index in [4.69, 9.17) is 14.5 Å². The summed E-state index contributed by atoms with van der Waals surface area (Å²) in [5.74, 6) is 0. The van der Waals surface area contributed by atoms with Gasteiger partial charge in [-0.05, 0) is 47.9 Å². The Balaban J connectivity index is 0.000000183. The van der Waals surface area contributed by atoms with Crippen LogP contribution in [0.5, 0.6) is 0 Å². The predicted octanol–water partition coefficient (Wildman–Crippen LogP) is 9.10. The molecule has 0 saturated carbocycles. The van der Waals surface area contributed by atoms with E-state index in [1.54, 1.807) is 0 Å². The van der Waals surface area contributed by atoms with Crippen molar-refractivity contribution in [3.63, 3.8) is 0 Å². The number of aliphatic hydroxyl groups is 1. The number of ether oxygens (including phenoxy) is 2. The van der Waals surface area contributed by atoms with E-state index < -0.39 is 14.3 Å². The first-order valence-corrected chi connectivity index (χ1v) is 18.7. The van der Waals surface area contributed by atoms with Crippen molar-refractivity contribution in [2.24, 2.45) is 0 Å². The first-order valence-electron chi connectivity index (χ1n) is 15.8. The number of aliphatic hydroxyl groups excluding tert-OH is 1. The maximum Gasteiger partial charge on any atom is 0.105 e. The molecule has 0 unspecified atom stereocenters. The molecule has 0 amide bonds. The molecule has 1 aliphatic carbocycles. The van der Waals surface area contributed by atoms with Crippen LogP contribution in [0.15, 0.2) is 78.9 Å². The van der Waals surface area contributed by atoms with Crippen LogP contribution in [0.25, 0.3) is 16.1 Å². The summed E-state index contributed by atoms with van der Waals surface area (Å²) in [4.78, 5) is 5.08. The molecule has 0 aromatic heterocycles. The fourth-order valence-corrected chi connectivity index (χ4v) is 9.28. The molecule has 4 nitrogen and oxygen atoms in total. The van der Waals surface area contributed by atoms with Gasteiger partial charge in [-0.2, -0.15) is 27.4 Å². The van der Waals surface area contributed by atoms with Crippen LogP contribution in [0, 0.1) is 74.6 Å². The van der Waals surface area contributed by atoms with Crippen molar-refractivity contribution in [2.45, 2.75) is 72.6 Å². The zero-order chi connectivity index (χ0) is 30.8. The van der Waals surface area contributed by atoms with Crippen molar-refractivity contribution >= 4 is 19.1 Å². The molecule has 4 aromatic carbocycles. The van der Waals surface area contributed by atoms with E-state index in [0.717, 1.165) is 54.4 Å². The summed E-state index contributed by atoms with van der Waals surface area (Å²) >= 11 is 0. The molecule has 2 fully saturated rings. The van der Waals surface area contributed by atoms with Crippen LogP contribution >= 0.6 is 0 Å². The smallest absolute Gasteiger partial charge is 0.105 e. The third kappa shape index (κ3) is 9.48. The van der Waals surface area contributed by atoms with E-state index in [-0.39, 0.29) is 46.9 Å². The molecular weight excluding hydrogens is 720 g/mol. The summed E-state index contributed by atoms with van der Waals surface area (Å²) < 4.78 is 9.89. The van der Waals surface area contributed by atoms with Crippen LogP contribution in [-0.2, 0) is 9.47 Å².